The summed E-state index contributed by atoms with van der Waals surface area (Å²) >= 11 is 1.47. The number of benzene rings is 2. The maximum absolute atomic E-state index is 13.0. The Morgan fingerprint density at radius 3 is 2.48 bits per heavy atom. The smallest absolute Gasteiger partial charge is 0.267 e. The summed E-state index contributed by atoms with van der Waals surface area (Å²) < 4.78 is 1.55. The average Bonchev–Trinajstić information content (AvgIpc) is 2.70. The second kappa shape index (κ2) is 7.60. The van der Waals surface area contributed by atoms with Crippen LogP contribution < -0.4 is 5.56 Å². The first-order valence-electron chi connectivity index (χ1n) is 8.56. The van der Waals surface area contributed by atoms with E-state index in [1.807, 2.05) is 79.7 Å². The molecular formula is C22H17N3OS. The molecule has 132 valence electrons. The monoisotopic (exact) mass is 371 g/mol. The fourth-order valence-electron chi connectivity index (χ4n) is 2.64. The van der Waals surface area contributed by atoms with Gasteiger partial charge in [-0.25, -0.2) is 4.98 Å². The van der Waals surface area contributed by atoms with Crippen LogP contribution in [0.1, 0.15) is 11.1 Å². The van der Waals surface area contributed by atoms with E-state index in [2.05, 4.69) is 4.99 Å². The molecule has 0 amide bonds. The van der Waals surface area contributed by atoms with Crippen molar-refractivity contribution in [1.82, 2.24) is 9.38 Å². The molecule has 27 heavy (non-hydrogen) atoms. The molecule has 2 heterocycles. The van der Waals surface area contributed by atoms with Crippen molar-refractivity contribution in [2.75, 3.05) is 0 Å². The standard InChI is InChI=1S/C22H17N3OS/c1-16-10-12-18(13-11-16)27-21-19(15-23-17-7-3-2-4-8-17)22(26)25-14-6-5-9-20(25)24-21/h2-15H,1H3. The Labute approximate surface area is 161 Å². The molecule has 2 aromatic heterocycles. The zero-order valence-electron chi connectivity index (χ0n) is 14.7. The quantitative estimate of drug-likeness (QED) is 0.378. The highest BCUT2D eigenvalue weighted by atomic mass is 32.2. The van der Waals surface area contributed by atoms with Gasteiger partial charge in [-0.2, -0.15) is 0 Å². The van der Waals surface area contributed by atoms with Crippen molar-refractivity contribution in [2.24, 2.45) is 4.99 Å². The number of aromatic nitrogens is 2. The Morgan fingerprint density at radius 1 is 0.963 bits per heavy atom. The normalized spacial score (nSPS) is 11.3. The molecule has 0 spiro atoms. The summed E-state index contributed by atoms with van der Waals surface area (Å²) in [6.45, 7) is 2.05. The molecule has 0 saturated carbocycles. The fraction of sp³-hybridized carbons (Fsp3) is 0.0455. The summed E-state index contributed by atoms with van der Waals surface area (Å²) in [5.41, 5.74) is 2.95. The van der Waals surface area contributed by atoms with Gasteiger partial charge in [0.05, 0.1) is 11.3 Å². The van der Waals surface area contributed by atoms with Gasteiger partial charge in [0.1, 0.15) is 10.7 Å². The summed E-state index contributed by atoms with van der Waals surface area (Å²) in [7, 11) is 0. The molecule has 0 saturated heterocycles. The fourth-order valence-corrected chi connectivity index (χ4v) is 3.53. The van der Waals surface area contributed by atoms with Gasteiger partial charge in [0.2, 0.25) is 0 Å². The summed E-state index contributed by atoms with van der Waals surface area (Å²) in [5, 5.41) is 0.648. The first kappa shape index (κ1) is 17.2. The van der Waals surface area contributed by atoms with Crippen molar-refractivity contribution >= 4 is 29.3 Å². The first-order chi connectivity index (χ1) is 13.2. The van der Waals surface area contributed by atoms with Gasteiger partial charge in [0, 0.05) is 17.3 Å². The minimum atomic E-state index is -0.130. The van der Waals surface area contributed by atoms with E-state index in [1.54, 1.807) is 16.8 Å². The van der Waals surface area contributed by atoms with Crippen molar-refractivity contribution in [1.29, 1.82) is 0 Å². The third-order valence-electron chi connectivity index (χ3n) is 4.07. The average molecular weight is 371 g/mol. The van der Waals surface area contributed by atoms with Crippen molar-refractivity contribution in [3.8, 4) is 0 Å². The van der Waals surface area contributed by atoms with E-state index < -0.39 is 0 Å². The molecule has 4 nitrogen and oxygen atoms in total. The first-order valence-corrected chi connectivity index (χ1v) is 9.37. The topological polar surface area (TPSA) is 46.7 Å². The third kappa shape index (κ3) is 3.83. The Kier molecular flexibility index (Phi) is 4.85. The van der Waals surface area contributed by atoms with Gasteiger partial charge in [0.15, 0.2) is 0 Å². The van der Waals surface area contributed by atoms with Gasteiger partial charge in [0.25, 0.3) is 5.56 Å². The summed E-state index contributed by atoms with van der Waals surface area (Å²) in [6, 6.07) is 23.3. The zero-order valence-corrected chi connectivity index (χ0v) is 15.6. The molecule has 4 aromatic rings. The van der Waals surface area contributed by atoms with Crippen LogP contribution >= 0.6 is 11.8 Å². The van der Waals surface area contributed by atoms with E-state index in [0.717, 1.165) is 10.6 Å². The predicted octanol–water partition coefficient (Wildman–Crippen LogP) is 4.90. The number of nitrogens with zero attached hydrogens (tertiary/aromatic N) is 3. The molecule has 0 aliphatic rings. The Morgan fingerprint density at radius 2 is 1.70 bits per heavy atom. The van der Waals surface area contributed by atoms with E-state index in [9.17, 15) is 4.79 Å². The number of rotatable bonds is 4. The van der Waals surface area contributed by atoms with Crippen LogP contribution in [0.4, 0.5) is 5.69 Å². The summed E-state index contributed by atoms with van der Waals surface area (Å²) in [6.07, 6.45) is 3.34. The van der Waals surface area contributed by atoms with Crippen LogP contribution in [0.3, 0.4) is 0 Å². The highest BCUT2D eigenvalue weighted by molar-refractivity contribution is 7.99. The van der Waals surface area contributed by atoms with Crippen LogP contribution in [-0.4, -0.2) is 15.6 Å². The molecule has 5 heteroatoms. The van der Waals surface area contributed by atoms with E-state index in [4.69, 9.17) is 4.98 Å². The Hall–Kier alpha value is -3.18. The molecular weight excluding hydrogens is 354 g/mol. The van der Waals surface area contributed by atoms with Gasteiger partial charge in [-0.1, -0.05) is 53.7 Å². The number of hydrogen-bond acceptors (Lipinski definition) is 4. The van der Waals surface area contributed by atoms with Crippen LogP contribution in [0.25, 0.3) is 5.65 Å². The SMILES string of the molecule is Cc1ccc(Sc2nc3ccccn3c(=O)c2C=Nc2ccccc2)cc1. The Balaban J connectivity index is 1.83. The van der Waals surface area contributed by atoms with Crippen molar-refractivity contribution in [2.45, 2.75) is 16.8 Å². The lowest BCUT2D eigenvalue weighted by Gasteiger charge is -2.08. The van der Waals surface area contributed by atoms with E-state index >= 15 is 0 Å². The van der Waals surface area contributed by atoms with E-state index in [1.165, 1.54) is 17.3 Å². The number of aliphatic imine (C=N–C) groups is 1. The van der Waals surface area contributed by atoms with Gasteiger partial charge in [-0.15, -0.1) is 0 Å². The van der Waals surface area contributed by atoms with Gasteiger partial charge in [-0.05, 0) is 43.3 Å². The molecule has 0 fully saturated rings. The number of fused-ring (bicyclic) bond motifs is 1. The number of pyridine rings is 1. The Bertz CT molecular complexity index is 1170. The minimum Gasteiger partial charge on any atom is -0.268 e. The van der Waals surface area contributed by atoms with Crippen LogP contribution in [0.15, 0.2) is 98.7 Å². The lowest BCUT2D eigenvalue weighted by Crippen LogP contribution is -2.20. The summed E-state index contributed by atoms with van der Waals surface area (Å²) in [4.78, 5) is 23.2. The van der Waals surface area contributed by atoms with Crippen LogP contribution in [0.5, 0.6) is 0 Å². The predicted molar refractivity (Wildman–Crippen MR) is 110 cm³/mol. The van der Waals surface area contributed by atoms with Crippen LogP contribution in [0.2, 0.25) is 0 Å². The molecule has 0 radical (unpaired) electrons. The van der Waals surface area contributed by atoms with Gasteiger partial charge in [-0.3, -0.25) is 14.2 Å². The maximum Gasteiger partial charge on any atom is 0.267 e. The molecule has 0 aliphatic heterocycles. The third-order valence-corrected chi connectivity index (χ3v) is 5.08. The lowest BCUT2D eigenvalue weighted by molar-refractivity contribution is 0.977. The number of hydrogen-bond donors (Lipinski definition) is 0. The second-order valence-electron chi connectivity index (χ2n) is 6.07. The highest BCUT2D eigenvalue weighted by Gasteiger charge is 2.12. The van der Waals surface area contributed by atoms with Gasteiger partial charge >= 0.3 is 0 Å². The molecule has 0 atom stereocenters. The second-order valence-corrected chi connectivity index (χ2v) is 7.14. The number of aryl methyl sites for hydroxylation is 1. The molecule has 0 aliphatic carbocycles. The summed E-state index contributed by atoms with van der Waals surface area (Å²) in [5.74, 6) is 0. The maximum atomic E-state index is 13.0. The highest BCUT2D eigenvalue weighted by Crippen LogP contribution is 2.28. The molecule has 4 rings (SSSR count). The van der Waals surface area contributed by atoms with Crippen molar-refractivity contribution in [3.05, 3.63) is 100 Å². The molecule has 0 unspecified atom stereocenters. The van der Waals surface area contributed by atoms with Crippen LogP contribution in [0, 0.1) is 6.92 Å². The largest absolute Gasteiger partial charge is 0.268 e. The van der Waals surface area contributed by atoms with E-state index in [-0.39, 0.29) is 5.56 Å². The van der Waals surface area contributed by atoms with E-state index in [0.29, 0.717) is 16.2 Å². The number of para-hydroxylation sites is 1. The van der Waals surface area contributed by atoms with Crippen LogP contribution in [-0.2, 0) is 0 Å². The van der Waals surface area contributed by atoms with Gasteiger partial charge < -0.3 is 0 Å². The molecule has 0 N–H and O–H groups in total. The molecule has 2 aromatic carbocycles. The zero-order chi connectivity index (χ0) is 18.6. The minimum absolute atomic E-state index is 0.130. The lowest BCUT2D eigenvalue weighted by atomic mass is 10.2. The van der Waals surface area contributed by atoms with Crippen molar-refractivity contribution in [3.63, 3.8) is 0 Å². The van der Waals surface area contributed by atoms with Crippen molar-refractivity contribution < 1.29 is 0 Å². The molecule has 0 bridgehead atoms.